The van der Waals surface area contributed by atoms with Crippen LogP contribution in [0.15, 0.2) is 0 Å². The van der Waals surface area contributed by atoms with E-state index in [0.29, 0.717) is 13.1 Å². The van der Waals surface area contributed by atoms with Gasteiger partial charge in [0.2, 0.25) is 5.91 Å². The summed E-state index contributed by atoms with van der Waals surface area (Å²) in [5.41, 5.74) is 5.16. The van der Waals surface area contributed by atoms with E-state index < -0.39 is 5.38 Å². The van der Waals surface area contributed by atoms with E-state index in [1.54, 1.807) is 0 Å². The monoisotopic (exact) mass is 201 g/mol. The Labute approximate surface area is 82.2 Å². The first kappa shape index (κ1) is 10.3. The van der Waals surface area contributed by atoms with Gasteiger partial charge in [0.15, 0.2) is 0 Å². The quantitative estimate of drug-likeness (QED) is 0.650. The van der Waals surface area contributed by atoms with Crippen LogP contribution in [0.4, 0.5) is 0 Å². The van der Waals surface area contributed by atoms with Crippen LogP contribution >= 0.6 is 11.6 Å². The molecule has 0 aromatic heterocycles. The molecular weight excluding hydrogens is 190 g/mol. The van der Waals surface area contributed by atoms with Gasteiger partial charge in [0.25, 0.3) is 0 Å². The number of rotatable bonds is 3. The number of hydrogen-bond donors (Lipinski definition) is 1. The molecule has 5 heteroatoms. The summed E-state index contributed by atoms with van der Waals surface area (Å²) in [7, 11) is 0. The summed E-state index contributed by atoms with van der Waals surface area (Å²) in [5.74, 6) is -0.326. The van der Waals surface area contributed by atoms with Crippen LogP contribution in [-0.2, 0) is 4.79 Å². The Balaban J connectivity index is 2.34. The molecule has 0 saturated carbocycles. The summed E-state index contributed by atoms with van der Waals surface area (Å²) in [5, 5.41) is 7.98. The SMILES string of the molecule is N#CC(Cl)CN1CCC(C(N)=O)C1. The molecule has 0 aromatic rings. The Morgan fingerprint density at radius 1 is 1.85 bits per heavy atom. The number of amides is 1. The second kappa shape index (κ2) is 4.45. The summed E-state index contributed by atoms with van der Waals surface area (Å²) >= 11 is 5.65. The Morgan fingerprint density at radius 3 is 3.00 bits per heavy atom. The highest BCUT2D eigenvalue weighted by Crippen LogP contribution is 2.16. The number of nitrogens with zero attached hydrogens (tertiary/aromatic N) is 2. The first-order valence-corrected chi connectivity index (χ1v) is 4.62. The van der Waals surface area contributed by atoms with Gasteiger partial charge < -0.3 is 5.73 Å². The summed E-state index contributed by atoms with van der Waals surface area (Å²) in [6, 6.07) is 1.94. The number of nitrogens with two attached hydrogens (primary N) is 1. The van der Waals surface area contributed by atoms with Crippen LogP contribution in [0.25, 0.3) is 0 Å². The predicted molar refractivity (Wildman–Crippen MR) is 49.0 cm³/mol. The van der Waals surface area contributed by atoms with E-state index in [4.69, 9.17) is 22.6 Å². The van der Waals surface area contributed by atoms with Gasteiger partial charge in [-0.25, -0.2) is 0 Å². The second-order valence-electron chi connectivity index (χ2n) is 3.24. The van der Waals surface area contributed by atoms with Crippen molar-refractivity contribution in [2.75, 3.05) is 19.6 Å². The Hall–Kier alpha value is -0.790. The highest BCUT2D eigenvalue weighted by molar-refractivity contribution is 6.22. The first-order valence-electron chi connectivity index (χ1n) is 4.19. The van der Waals surface area contributed by atoms with Gasteiger partial charge in [0, 0.05) is 13.1 Å². The fourth-order valence-corrected chi connectivity index (χ4v) is 1.69. The Bertz CT molecular complexity index is 238. The fourth-order valence-electron chi connectivity index (χ4n) is 1.50. The highest BCUT2D eigenvalue weighted by Gasteiger charge is 2.27. The number of likely N-dealkylation sites (tertiary alicyclic amines) is 1. The third-order valence-electron chi connectivity index (χ3n) is 2.23. The molecule has 13 heavy (non-hydrogen) atoms. The van der Waals surface area contributed by atoms with Crippen molar-refractivity contribution in [1.82, 2.24) is 4.90 Å². The number of primary amides is 1. The minimum absolute atomic E-state index is 0.0671. The zero-order valence-corrected chi connectivity index (χ0v) is 8.00. The maximum atomic E-state index is 10.8. The van der Waals surface area contributed by atoms with Crippen LogP contribution < -0.4 is 5.73 Å². The molecule has 1 aliphatic rings. The lowest BCUT2D eigenvalue weighted by Gasteiger charge is -2.14. The molecule has 1 fully saturated rings. The molecule has 72 valence electrons. The van der Waals surface area contributed by atoms with Crippen LogP contribution in [-0.4, -0.2) is 35.8 Å². The lowest BCUT2D eigenvalue weighted by atomic mass is 10.1. The van der Waals surface area contributed by atoms with E-state index in [0.717, 1.165) is 13.0 Å². The van der Waals surface area contributed by atoms with E-state index in [9.17, 15) is 4.79 Å². The number of carbonyl (C=O) groups is 1. The molecule has 0 aliphatic carbocycles. The Kier molecular flexibility index (Phi) is 3.52. The van der Waals surface area contributed by atoms with Crippen molar-refractivity contribution in [3.63, 3.8) is 0 Å². The van der Waals surface area contributed by atoms with Gasteiger partial charge in [0.1, 0.15) is 5.38 Å². The van der Waals surface area contributed by atoms with Gasteiger partial charge in [-0.1, -0.05) is 0 Å². The minimum atomic E-state index is -0.494. The van der Waals surface area contributed by atoms with Crippen molar-refractivity contribution in [3.8, 4) is 6.07 Å². The van der Waals surface area contributed by atoms with Crippen molar-refractivity contribution >= 4 is 17.5 Å². The van der Waals surface area contributed by atoms with E-state index in [1.807, 2.05) is 11.0 Å². The summed E-state index contributed by atoms with van der Waals surface area (Å²) < 4.78 is 0. The van der Waals surface area contributed by atoms with Crippen molar-refractivity contribution in [1.29, 1.82) is 5.26 Å². The van der Waals surface area contributed by atoms with E-state index in [2.05, 4.69) is 0 Å². The molecule has 4 nitrogen and oxygen atoms in total. The lowest BCUT2D eigenvalue weighted by molar-refractivity contribution is -0.121. The molecule has 1 rings (SSSR count). The number of alkyl halides is 1. The van der Waals surface area contributed by atoms with Crippen LogP contribution in [0.3, 0.4) is 0 Å². The van der Waals surface area contributed by atoms with Crippen LogP contribution in [0.5, 0.6) is 0 Å². The number of nitriles is 1. The third kappa shape index (κ3) is 2.87. The molecule has 2 unspecified atom stereocenters. The molecule has 1 amide bonds. The molecule has 0 bridgehead atoms. The minimum Gasteiger partial charge on any atom is -0.369 e. The first-order chi connectivity index (χ1) is 6.13. The van der Waals surface area contributed by atoms with Crippen LogP contribution in [0.1, 0.15) is 6.42 Å². The summed E-state index contributed by atoms with van der Waals surface area (Å²) in [6.07, 6.45) is 0.782. The predicted octanol–water partition coefficient (Wildman–Crippen LogP) is -0.0754. The van der Waals surface area contributed by atoms with E-state index in [-0.39, 0.29) is 11.8 Å². The Morgan fingerprint density at radius 2 is 2.54 bits per heavy atom. The van der Waals surface area contributed by atoms with Gasteiger partial charge in [0.05, 0.1) is 12.0 Å². The third-order valence-corrected chi connectivity index (χ3v) is 2.47. The largest absolute Gasteiger partial charge is 0.369 e. The van der Waals surface area contributed by atoms with E-state index in [1.165, 1.54) is 0 Å². The van der Waals surface area contributed by atoms with Gasteiger partial charge in [-0.2, -0.15) is 5.26 Å². The number of hydrogen-bond acceptors (Lipinski definition) is 3. The molecule has 0 spiro atoms. The molecule has 1 aliphatic heterocycles. The molecule has 0 radical (unpaired) electrons. The maximum Gasteiger partial charge on any atom is 0.221 e. The molecule has 1 saturated heterocycles. The topological polar surface area (TPSA) is 70.1 Å². The normalized spacial score (nSPS) is 25.4. The van der Waals surface area contributed by atoms with Crippen molar-refractivity contribution < 1.29 is 4.79 Å². The molecule has 0 aromatic carbocycles. The van der Waals surface area contributed by atoms with Gasteiger partial charge >= 0.3 is 0 Å². The molecular formula is C8H12ClN3O. The molecule has 2 atom stereocenters. The zero-order chi connectivity index (χ0) is 9.84. The number of carbonyl (C=O) groups excluding carboxylic acids is 1. The summed E-state index contributed by atoms with van der Waals surface area (Å²) in [6.45, 7) is 1.96. The average Bonchev–Trinajstić information content (AvgIpc) is 2.52. The summed E-state index contributed by atoms with van der Waals surface area (Å²) in [4.78, 5) is 12.8. The average molecular weight is 202 g/mol. The van der Waals surface area contributed by atoms with Gasteiger partial charge in [-0.15, -0.1) is 11.6 Å². The van der Waals surface area contributed by atoms with Crippen molar-refractivity contribution in [2.24, 2.45) is 11.7 Å². The van der Waals surface area contributed by atoms with Crippen molar-refractivity contribution in [2.45, 2.75) is 11.8 Å². The van der Waals surface area contributed by atoms with E-state index >= 15 is 0 Å². The van der Waals surface area contributed by atoms with Crippen molar-refractivity contribution in [3.05, 3.63) is 0 Å². The zero-order valence-electron chi connectivity index (χ0n) is 7.24. The smallest absolute Gasteiger partial charge is 0.221 e. The maximum absolute atomic E-state index is 10.8. The lowest BCUT2D eigenvalue weighted by Crippen LogP contribution is -2.30. The van der Waals surface area contributed by atoms with Gasteiger partial charge in [-0.3, -0.25) is 9.69 Å². The fraction of sp³-hybridized carbons (Fsp3) is 0.750. The number of halogens is 1. The molecule has 2 N–H and O–H groups in total. The standard InChI is InChI=1S/C8H12ClN3O/c9-7(3-10)5-12-2-1-6(4-12)8(11)13/h6-7H,1-2,4-5H2,(H2,11,13). The van der Waals surface area contributed by atoms with Crippen LogP contribution in [0.2, 0.25) is 0 Å². The highest BCUT2D eigenvalue weighted by atomic mass is 35.5. The van der Waals surface area contributed by atoms with Gasteiger partial charge in [-0.05, 0) is 13.0 Å². The second-order valence-corrected chi connectivity index (χ2v) is 3.77. The van der Waals surface area contributed by atoms with Crippen LogP contribution in [0, 0.1) is 17.2 Å². The molecule has 1 heterocycles.